The Labute approximate surface area is 117 Å². The molecule has 6 heteroatoms. The molecule has 0 saturated heterocycles. The molecule has 1 aliphatic carbocycles. The standard InChI is InChI=1S/C14H20F3N3/c1-2-6-20(9-14(15,16)17)13-11(8-18)7-10-4-3-5-12(10)19-13/h7H,2-6,8-9,18H2,1H3. The van der Waals surface area contributed by atoms with Crippen molar-refractivity contribution in [1.82, 2.24) is 4.98 Å². The largest absolute Gasteiger partial charge is 0.405 e. The minimum Gasteiger partial charge on any atom is -0.347 e. The van der Waals surface area contributed by atoms with Gasteiger partial charge in [0.25, 0.3) is 0 Å². The lowest BCUT2D eigenvalue weighted by molar-refractivity contribution is -0.119. The molecule has 0 aliphatic heterocycles. The highest BCUT2D eigenvalue weighted by Crippen LogP contribution is 2.29. The molecule has 1 heterocycles. The highest BCUT2D eigenvalue weighted by molar-refractivity contribution is 5.51. The van der Waals surface area contributed by atoms with Crippen LogP contribution in [0.1, 0.15) is 36.6 Å². The molecule has 1 aromatic heterocycles. The number of nitrogens with zero attached hydrogens (tertiary/aromatic N) is 2. The van der Waals surface area contributed by atoms with Crippen LogP contribution in [0.15, 0.2) is 6.07 Å². The molecule has 112 valence electrons. The monoisotopic (exact) mass is 287 g/mol. The number of aromatic nitrogens is 1. The van der Waals surface area contributed by atoms with Crippen LogP contribution in [-0.2, 0) is 19.4 Å². The molecule has 3 nitrogen and oxygen atoms in total. The molecule has 0 aromatic carbocycles. The first kappa shape index (κ1) is 15.1. The van der Waals surface area contributed by atoms with E-state index in [1.54, 1.807) is 0 Å². The fourth-order valence-corrected chi connectivity index (χ4v) is 2.68. The van der Waals surface area contributed by atoms with Crippen LogP contribution in [0.5, 0.6) is 0 Å². The van der Waals surface area contributed by atoms with Crippen LogP contribution >= 0.6 is 0 Å². The molecule has 0 unspecified atom stereocenters. The summed E-state index contributed by atoms with van der Waals surface area (Å²) < 4.78 is 38.2. The normalized spacial score (nSPS) is 14.4. The number of aryl methyl sites for hydroxylation is 2. The van der Waals surface area contributed by atoms with Gasteiger partial charge in [-0.3, -0.25) is 0 Å². The zero-order valence-electron chi connectivity index (χ0n) is 11.6. The van der Waals surface area contributed by atoms with Gasteiger partial charge in [0.05, 0.1) is 0 Å². The van der Waals surface area contributed by atoms with Crippen molar-refractivity contribution in [2.24, 2.45) is 5.73 Å². The molecular weight excluding hydrogens is 267 g/mol. The topological polar surface area (TPSA) is 42.2 Å². The van der Waals surface area contributed by atoms with Gasteiger partial charge in [-0.15, -0.1) is 0 Å². The first-order valence-corrected chi connectivity index (χ1v) is 6.98. The van der Waals surface area contributed by atoms with Crippen molar-refractivity contribution in [3.05, 3.63) is 22.9 Å². The van der Waals surface area contributed by atoms with E-state index in [-0.39, 0.29) is 6.54 Å². The van der Waals surface area contributed by atoms with E-state index in [9.17, 15) is 13.2 Å². The van der Waals surface area contributed by atoms with Crippen LogP contribution in [0.4, 0.5) is 19.0 Å². The molecule has 0 saturated carbocycles. The Hall–Kier alpha value is -1.30. The van der Waals surface area contributed by atoms with Gasteiger partial charge in [-0.05, 0) is 37.3 Å². The van der Waals surface area contributed by atoms with Crippen molar-refractivity contribution in [2.45, 2.75) is 45.3 Å². The number of rotatable bonds is 5. The van der Waals surface area contributed by atoms with Gasteiger partial charge in [0.15, 0.2) is 0 Å². The molecule has 0 spiro atoms. The molecule has 1 aliphatic rings. The minimum atomic E-state index is -4.23. The molecule has 1 aromatic rings. The summed E-state index contributed by atoms with van der Waals surface area (Å²) in [6.07, 6.45) is -0.786. The molecule has 2 rings (SSSR count). The van der Waals surface area contributed by atoms with Crippen molar-refractivity contribution in [3.63, 3.8) is 0 Å². The van der Waals surface area contributed by atoms with Crippen molar-refractivity contribution in [3.8, 4) is 0 Å². The summed E-state index contributed by atoms with van der Waals surface area (Å²) in [4.78, 5) is 5.78. The lowest BCUT2D eigenvalue weighted by Gasteiger charge is -2.27. The summed E-state index contributed by atoms with van der Waals surface area (Å²) >= 11 is 0. The Bertz CT molecular complexity index is 471. The van der Waals surface area contributed by atoms with E-state index < -0.39 is 12.7 Å². The number of pyridine rings is 1. The van der Waals surface area contributed by atoms with Crippen molar-refractivity contribution in [1.29, 1.82) is 0 Å². The summed E-state index contributed by atoms with van der Waals surface area (Å²) in [6, 6.07) is 1.93. The molecule has 20 heavy (non-hydrogen) atoms. The second-order valence-corrected chi connectivity index (χ2v) is 5.17. The van der Waals surface area contributed by atoms with Gasteiger partial charge in [-0.1, -0.05) is 6.92 Å². The Morgan fingerprint density at radius 3 is 2.70 bits per heavy atom. The number of fused-ring (bicyclic) bond motifs is 1. The van der Waals surface area contributed by atoms with Gasteiger partial charge in [-0.2, -0.15) is 13.2 Å². The molecular formula is C14H20F3N3. The molecule has 2 N–H and O–H groups in total. The lowest BCUT2D eigenvalue weighted by atomic mass is 10.1. The van der Waals surface area contributed by atoms with Crippen LogP contribution in [0.3, 0.4) is 0 Å². The van der Waals surface area contributed by atoms with E-state index in [2.05, 4.69) is 4.98 Å². The number of alkyl halides is 3. The first-order valence-electron chi connectivity index (χ1n) is 6.98. The smallest absolute Gasteiger partial charge is 0.347 e. The van der Waals surface area contributed by atoms with E-state index in [0.29, 0.717) is 24.3 Å². The fraction of sp³-hybridized carbons (Fsp3) is 0.643. The molecule has 0 amide bonds. The predicted octanol–water partition coefficient (Wildman–Crippen LogP) is 2.81. The maximum absolute atomic E-state index is 12.7. The van der Waals surface area contributed by atoms with Gasteiger partial charge in [0, 0.05) is 24.3 Å². The van der Waals surface area contributed by atoms with Crippen molar-refractivity contribution in [2.75, 3.05) is 18.0 Å². The average molecular weight is 287 g/mol. The third kappa shape index (κ3) is 3.42. The summed E-state index contributed by atoms with van der Waals surface area (Å²) in [5.74, 6) is 0.410. The lowest BCUT2D eigenvalue weighted by Crippen LogP contribution is -2.36. The molecule has 0 atom stereocenters. The van der Waals surface area contributed by atoms with E-state index in [1.807, 2.05) is 13.0 Å². The van der Waals surface area contributed by atoms with Gasteiger partial charge in [0.1, 0.15) is 12.4 Å². The minimum absolute atomic E-state index is 0.216. The van der Waals surface area contributed by atoms with Gasteiger partial charge >= 0.3 is 6.18 Å². The number of nitrogens with two attached hydrogens (primary N) is 1. The SMILES string of the molecule is CCCN(CC(F)(F)F)c1nc2c(cc1CN)CCC2. The number of hydrogen-bond donors (Lipinski definition) is 1. The number of halogens is 3. The zero-order valence-corrected chi connectivity index (χ0v) is 11.6. The van der Waals surface area contributed by atoms with Crippen LogP contribution in [0, 0.1) is 0 Å². The predicted molar refractivity (Wildman–Crippen MR) is 72.7 cm³/mol. The Morgan fingerprint density at radius 1 is 1.35 bits per heavy atom. The van der Waals surface area contributed by atoms with Crippen LogP contribution in [-0.4, -0.2) is 24.2 Å². The summed E-state index contributed by atoms with van der Waals surface area (Å²) in [5, 5.41) is 0. The Kier molecular flexibility index (Phi) is 4.52. The second kappa shape index (κ2) is 5.99. The van der Waals surface area contributed by atoms with E-state index in [4.69, 9.17) is 5.73 Å². The van der Waals surface area contributed by atoms with Gasteiger partial charge in [0.2, 0.25) is 0 Å². The zero-order chi connectivity index (χ0) is 14.8. The van der Waals surface area contributed by atoms with E-state index in [0.717, 1.165) is 30.5 Å². The molecule has 0 radical (unpaired) electrons. The fourth-order valence-electron chi connectivity index (χ4n) is 2.68. The van der Waals surface area contributed by atoms with Crippen LogP contribution in [0.25, 0.3) is 0 Å². The Balaban J connectivity index is 2.36. The van der Waals surface area contributed by atoms with Gasteiger partial charge in [-0.25, -0.2) is 4.98 Å². The average Bonchev–Trinajstić information content (AvgIpc) is 2.82. The quantitative estimate of drug-likeness (QED) is 0.905. The van der Waals surface area contributed by atoms with E-state index >= 15 is 0 Å². The highest BCUT2D eigenvalue weighted by Gasteiger charge is 2.32. The Morgan fingerprint density at radius 2 is 2.10 bits per heavy atom. The number of anilines is 1. The van der Waals surface area contributed by atoms with Crippen LogP contribution < -0.4 is 10.6 Å². The third-order valence-electron chi connectivity index (χ3n) is 3.49. The third-order valence-corrected chi connectivity index (χ3v) is 3.49. The maximum Gasteiger partial charge on any atom is 0.405 e. The number of hydrogen-bond acceptors (Lipinski definition) is 3. The van der Waals surface area contributed by atoms with Crippen molar-refractivity contribution >= 4 is 5.82 Å². The summed E-state index contributed by atoms with van der Waals surface area (Å²) in [5.41, 5.74) is 8.47. The second-order valence-electron chi connectivity index (χ2n) is 5.17. The van der Waals surface area contributed by atoms with Gasteiger partial charge < -0.3 is 10.6 Å². The summed E-state index contributed by atoms with van der Waals surface area (Å²) in [7, 11) is 0. The highest BCUT2D eigenvalue weighted by atomic mass is 19.4. The molecule has 0 bridgehead atoms. The first-order chi connectivity index (χ1) is 9.44. The van der Waals surface area contributed by atoms with E-state index in [1.165, 1.54) is 4.90 Å². The molecule has 0 fully saturated rings. The van der Waals surface area contributed by atoms with Crippen molar-refractivity contribution < 1.29 is 13.2 Å². The maximum atomic E-state index is 12.7. The summed E-state index contributed by atoms with van der Waals surface area (Å²) in [6.45, 7) is 1.43. The van der Waals surface area contributed by atoms with Crippen LogP contribution in [0.2, 0.25) is 0 Å².